The number of benzene rings is 4. The fraction of sp³-hybridized carbons (Fsp3) is 0.368. The molecule has 0 aromatic heterocycles. The molecule has 0 N–H and O–H groups in total. The zero-order valence-corrected chi connectivity index (χ0v) is 25.7. The highest BCUT2D eigenvalue weighted by molar-refractivity contribution is 5.78. The molecule has 0 amide bonds. The second-order valence-electron chi connectivity index (χ2n) is 12.3. The standard InChI is InChI=1S/C38H42O3/c1-21-11-9-12-22(2)33(21)35-25(5)15-29(16-26(35)6)37-31(40-37)19-39-20-32-38(41-32)30-17-27(7)36(28(8)18-30)34-23(3)13-10-14-24(34)4/h9-18,31-32,37-38H,19-20H2,1-8H3. The van der Waals surface area contributed by atoms with Crippen molar-refractivity contribution < 1.29 is 14.2 Å². The Morgan fingerprint density at radius 1 is 0.463 bits per heavy atom. The molecular formula is C38H42O3. The molecule has 4 atom stereocenters. The molecule has 3 heteroatoms. The first-order chi connectivity index (χ1) is 19.6. The van der Waals surface area contributed by atoms with Gasteiger partial charge in [0.05, 0.1) is 13.2 Å². The van der Waals surface area contributed by atoms with Crippen LogP contribution in [-0.4, -0.2) is 25.4 Å². The topological polar surface area (TPSA) is 34.3 Å². The van der Waals surface area contributed by atoms with Crippen LogP contribution < -0.4 is 0 Å². The van der Waals surface area contributed by atoms with Gasteiger partial charge in [-0.3, -0.25) is 0 Å². The molecule has 0 radical (unpaired) electrons. The van der Waals surface area contributed by atoms with Crippen molar-refractivity contribution in [3.8, 4) is 22.3 Å². The summed E-state index contributed by atoms with van der Waals surface area (Å²) in [7, 11) is 0. The summed E-state index contributed by atoms with van der Waals surface area (Å²) >= 11 is 0. The highest BCUT2D eigenvalue weighted by atomic mass is 16.6. The van der Waals surface area contributed by atoms with E-state index in [1.165, 1.54) is 77.9 Å². The van der Waals surface area contributed by atoms with Crippen LogP contribution in [0.5, 0.6) is 0 Å². The second kappa shape index (κ2) is 10.9. The van der Waals surface area contributed by atoms with Crippen molar-refractivity contribution in [3.05, 3.63) is 116 Å². The Bertz CT molecular complexity index is 1420. The van der Waals surface area contributed by atoms with Crippen LogP contribution in [0.15, 0.2) is 60.7 Å². The van der Waals surface area contributed by atoms with Gasteiger partial charge < -0.3 is 14.2 Å². The van der Waals surface area contributed by atoms with Gasteiger partial charge >= 0.3 is 0 Å². The van der Waals surface area contributed by atoms with Gasteiger partial charge in [0.1, 0.15) is 24.4 Å². The highest BCUT2D eigenvalue weighted by Gasteiger charge is 2.44. The number of hydrogen-bond donors (Lipinski definition) is 0. The molecule has 0 spiro atoms. The van der Waals surface area contributed by atoms with Crippen LogP contribution in [0.2, 0.25) is 0 Å². The van der Waals surface area contributed by atoms with Crippen LogP contribution in [-0.2, 0) is 14.2 Å². The maximum atomic E-state index is 6.10. The van der Waals surface area contributed by atoms with Gasteiger partial charge in [0, 0.05) is 0 Å². The number of aryl methyl sites for hydroxylation is 8. The van der Waals surface area contributed by atoms with Crippen LogP contribution in [0.3, 0.4) is 0 Å². The van der Waals surface area contributed by atoms with Crippen LogP contribution >= 0.6 is 0 Å². The van der Waals surface area contributed by atoms with Crippen LogP contribution in [0, 0.1) is 55.4 Å². The van der Waals surface area contributed by atoms with Crippen LogP contribution in [0.1, 0.15) is 67.8 Å². The van der Waals surface area contributed by atoms with Gasteiger partial charge in [-0.25, -0.2) is 0 Å². The Hall–Kier alpha value is -3.24. The van der Waals surface area contributed by atoms with Crippen LogP contribution in [0.4, 0.5) is 0 Å². The molecule has 2 heterocycles. The predicted molar refractivity (Wildman–Crippen MR) is 168 cm³/mol. The van der Waals surface area contributed by atoms with E-state index in [4.69, 9.17) is 14.2 Å². The normalized spacial score (nSPS) is 21.3. The number of rotatable bonds is 8. The smallest absolute Gasteiger partial charge is 0.112 e. The monoisotopic (exact) mass is 546 g/mol. The molecule has 2 fully saturated rings. The summed E-state index contributed by atoms with van der Waals surface area (Å²) in [5.74, 6) is 0. The quantitative estimate of drug-likeness (QED) is 0.207. The fourth-order valence-corrected chi connectivity index (χ4v) is 6.95. The van der Waals surface area contributed by atoms with Crippen molar-refractivity contribution in [1.29, 1.82) is 0 Å². The third kappa shape index (κ3) is 5.39. The Balaban J connectivity index is 1.06. The van der Waals surface area contributed by atoms with E-state index in [2.05, 4.69) is 116 Å². The van der Waals surface area contributed by atoms with Gasteiger partial charge in [-0.1, -0.05) is 60.7 Å². The first-order valence-corrected chi connectivity index (χ1v) is 14.9. The minimum absolute atomic E-state index is 0.109. The van der Waals surface area contributed by atoms with Gasteiger partial charge in [0.2, 0.25) is 0 Å². The zero-order chi connectivity index (χ0) is 29.0. The van der Waals surface area contributed by atoms with Crippen LogP contribution in [0.25, 0.3) is 22.3 Å². The van der Waals surface area contributed by atoms with E-state index in [1.807, 2.05) is 0 Å². The first kappa shape index (κ1) is 27.9. The molecule has 4 unspecified atom stereocenters. The summed E-state index contributed by atoms with van der Waals surface area (Å²) in [6, 6.07) is 22.3. The molecule has 4 aromatic rings. The minimum Gasteiger partial charge on any atom is -0.376 e. The van der Waals surface area contributed by atoms with E-state index < -0.39 is 0 Å². The fourth-order valence-electron chi connectivity index (χ4n) is 6.95. The van der Waals surface area contributed by atoms with E-state index in [9.17, 15) is 0 Å². The molecule has 0 bridgehead atoms. The summed E-state index contributed by atoms with van der Waals surface area (Å²) in [4.78, 5) is 0. The Morgan fingerprint density at radius 2 is 0.756 bits per heavy atom. The van der Waals surface area contributed by atoms with Crippen molar-refractivity contribution in [2.24, 2.45) is 0 Å². The lowest BCUT2D eigenvalue weighted by atomic mass is 9.88. The van der Waals surface area contributed by atoms with E-state index in [1.54, 1.807) is 0 Å². The van der Waals surface area contributed by atoms with Gasteiger partial charge in [-0.15, -0.1) is 0 Å². The SMILES string of the molecule is Cc1cccc(C)c1-c1c(C)cc(C2OC2COCC2OC2c2cc(C)c(-c3c(C)cccc3C)c(C)c2)cc1C. The summed E-state index contributed by atoms with van der Waals surface area (Å²) in [5, 5.41) is 0. The lowest BCUT2D eigenvalue weighted by Gasteiger charge is -2.17. The Kier molecular flexibility index (Phi) is 7.40. The summed E-state index contributed by atoms with van der Waals surface area (Å²) in [6.45, 7) is 18.9. The molecule has 2 aliphatic rings. The van der Waals surface area contributed by atoms with E-state index >= 15 is 0 Å². The average Bonchev–Trinajstić information content (AvgIpc) is 3.83. The molecule has 6 rings (SSSR count). The lowest BCUT2D eigenvalue weighted by molar-refractivity contribution is 0.102. The number of ether oxygens (including phenoxy) is 3. The molecule has 212 valence electrons. The van der Waals surface area contributed by atoms with Crippen molar-refractivity contribution >= 4 is 0 Å². The molecule has 41 heavy (non-hydrogen) atoms. The molecule has 2 aliphatic heterocycles. The van der Waals surface area contributed by atoms with Gasteiger partial charge in [-0.2, -0.15) is 0 Å². The van der Waals surface area contributed by atoms with Gasteiger partial charge in [0.15, 0.2) is 0 Å². The van der Waals surface area contributed by atoms with Gasteiger partial charge in [-0.05, 0) is 133 Å². The van der Waals surface area contributed by atoms with Crippen molar-refractivity contribution in [2.45, 2.75) is 79.8 Å². The van der Waals surface area contributed by atoms with E-state index in [0.29, 0.717) is 13.2 Å². The number of hydrogen-bond acceptors (Lipinski definition) is 3. The highest BCUT2D eigenvalue weighted by Crippen LogP contribution is 2.44. The first-order valence-electron chi connectivity index (χ1n) is 14.9. The largest absolute Gasteiger partial charge is 0.376 e. The Morgan fingerprint density at radius 3 is 1.07 bits per heavy atom. The van der Waals surface area contributed by atoms with Crippen molar-refractivity contribution in [3.63, 3.8) is 0 Å². The third-order valence-corrected chi connectivity index (χ3v) is 8.96. The zero-order valence-electron chi connectivity index (χ0n) is 25.7. The van der Waals surface area contributed by atoms with Crippen molar-refractivity contribution in [2.75, 3.05) is 13.2 Å². The lowest BCUT2D eigenvalue weighted by Crippen LogP contribution is -2.08. The van der Waals surface area contributed by atoms with Crippen molar-refractivity contribution in [1.82, 2.24) is 0 Å². The summed E-state index contributed by atoms with van der Waals surface area (Å²) < 4.78 is 18.2. The average molecular weight is 547 g/mol. The maximum absolute atomic E-state index is 6.10. The molecule has 2 saturated heterocycles. The third-order valence-electron chi connectivity index (χ3n) is 8.96. The molecule has 4 aromatic carbocycles. The predicted octanol–water partition coefficient (Wildman–Crippen LogP) is 9.08. The van der Waals surface area contributed by atoms with Gasteiger partial charge in [0.25, 0.3) is 0 Å². The minimum atomic E-state index is 0.109. The second-order valence-corrected chi connectivity index (χ2v) is 12.3. The number of epoxide rings is 2. The molecular weight excluding hydrogens is 504 g/mol. The molecule has 0 aliphatic carbocycles. The summed E-state index contributed by atoms with van der Waals surface area (Å²) in [6.07, 6.45) is 0.438. The Labute approximate surface area is 245 Å². The molecule has 0 saturated carbocycles. The maximum Gasteiger partial charge on any atom is 0.112 e. The summed E-state index contributed by atoms with van der Waals surface area (Å²) in [5.41, 5.74) is 18.4. The van der Waals surface area contributed by atoms with E-state index in [-0.39, 0.29) is 24.4 Å². The molecule has 3 nitrogen and oxygen atoms in total. The van der Waals surface area contributed by atoms with E-state index in [0.717, 1.165) is 0 Å².